The summed E-state index contributed by atoms with van der Waals surface area (Å²) >= 11 is 0.972. The third-order valence-corrected chi connectivity index (χ3v) is 4.08. The van der Waals surface area contributed by atoms with Gasteiger partial charge in [0.25, 0.3) is 6.43 Å². The minimum Gasteiger partial charge on any atom is -0.355 e. The van der Waals surface area contributed by atoms with Crippen molar-refractivity contribution in [3.63, 3.8) is 0 Å². The molecule has 0 amide bonds. The van der Waals surface area contributed by atoms with Crippen molar-refractivity contribution in [1.82, 2.24) is 10.2 Å². The molecule has 0 aromatic carbocycles. The SMILES string of the molecule is FC(F)c1nnc(NC2(CC3CC3)CC2)s1. The van der Waals surface area contributed by atoms with Gasteiger partial charge in [-0.25, -0.2) is 8.78 Å². The molecule has 1 heterocycles. The van der Waals surface area contributed by atoms with E-state index in [0.717, 1.165) is 36.5 Å². The van der Waals surface area contributed by atoms with Crippen molar-refractivity contribution in [2.45, 2.75) is 44.1 Å². The predicted molar refractivity (Wildman–Crippen MR) is 57.8 cm³/mol. The van der Waals surface area contributed by atoms with Gasteiger partial charge in [-0.2, -0.15) is 0 Å². The van der Waals surface area contributed by atoms with Crippen LogP contribution in [0.15, 0.2) is 0 Å². The fourth-order valence-electron chi connectivity index (χ4n) is 2.01. The number of anilines is 1. The van der Waals surface area contributed by atoms with Crippen molar-refractivity contribution in [3.8, 4) is 0 Å². The Morgan fingerprint density at radius 3 is 2.62 bits per heavy atom. The Bertz CT molecular complexity index is 385. The molecule has 0 bridgehead atoms. The van der Waals surface area contributed by atoms with Crippen LogP contribution in [0.2, 0.25) is 0 Å². The van der Waals surface area contributed by atoms with Crippen LogP contribution in [-0.2, 0) is 0 Å². The minimum absolute atomic E-state index is 0.153. The van der Waals surface area contributed by atoms with E-state index in [1.807, 2.05) is 0 Å². The van der Waals surface area contributed by atoms with Crippen molar-refractivity contribution in [3.05, 3.63) is 5.01 Å². The Morgan fingerprint density at radius 1 is 1.38 bits per heavy atom. The van der Waals surface area contributed by atoms with Gasteiger partial charge in [0.1, 0.15) is 0 Å². The monoisotopic (exact) mass is 245 g/mol. The predicted octanol–water partition coefficient (Wildman–Crippen LogP) is 3.22. The van der Waals surface area contributed by atoms with Crippen LogP contribution in [-0.4, -0.2) is 15.7 Å². The van der Waals surface area contributed by atoms with E-state index < -0.39 is 6.43 Å². The summed E-state index contributed by atoms with van der Waals surface area (Å²) in [5.41, 5.74) is 0.153. The van der Waals surface area contributed by atoms with E-state index in [-0.39, 0.29) is 10.5 Å². The smallest absolute Gasteiger partial charge is 0.291 e. The lowest BCUT2D eigenvalue weighted by Crippen LogP contribution is -2.21. The molecule has 0 saturated heterocycles. The van der Waals surface area contributed by atoms with E-state index in [1.54, 1.807) is 0 Å². The van der Waals surface area contributed by atoms with Crippen molar-refractivity contribution in [2.24, 2.45) is 5.92 Å². The second-order valence-corrected chi connectivity index (χ2v) is 5.81. The third kappa shape index (κ3) is 2.16. The average molecular weight is 245 g/mol. The lowest BCUT2D eigenvalue weighted by atomic mass is 10.1. The maximum atomic E-state index is 12.3. The van der Waals surface area contributed by atoms with E-state index in [0.29, 0.717) is 5.13 Å². The summed E-state index contributed by atoms with van der Waals surface area (Å²) in [6.07, 6.45) is 3.56. The lowest BCUT2D eigenvalue weighted by molar-refractivity contribution is 0.150. The number of nitrogens with zero attached hydrogens (tertiary/aromatic N) is 2. The van der Waals surface area contributed by atoms with Crippen molar-refractivity contribution in [1.29, 1.82) is 0 Å². The fraction of sp³-hybridized carbons (Fsp3) is 0.800. The molecule has 2 aliphatic rings. The molecule has 3 nitrogen and oxygen atoms in total. The molecule has 2 saturated carbocycles. The van der Waals surface area contributed by atoms with E-state index in [9.17, 15) is 8.78 Å². The molecule has 0 atom stereocenters. The standard InChI is InChI=1S/C10H13F2N3S/c11-7(12)8-14-15-9(16-8)13-10(3-4-10)5-6-1-2-6/h6-7H,1-5H2,(H,13,15). The summed E-state index contributed by atoms with van der Waals surface area (Å²) in [5, 5.41) is 10.9. The Kier molecular flexibility index (Phi) is 2.34. The number of aromatic nitrogens is 2. The maximum absolute atomic E-state index is 12.3. The Balaban J connectivity index is 1.64. The zero-order chi connectivity index (χ0) is 11.2. The second kappa shape index (κ2) is 3.61. The molecule has 3 rings (SSSR count). The molecule has 88 valence electrons. The van der Waals surface area contributed by atoms with Crippen LogP contribution in [0.5, 0.6) is 0 Å². The van der Waals surface area contributed by atoms with E-state index >= 15 is 0 Å². The molecular weight excluding hydrogens is 232 g/mol. The number of hydrogen-bond acceptors (Lipinski definition) is 4. The van der Waals surface area contributed by atoms with E-state index in [4.69, 9.17) is 0 Å². The number of alkyl halides is 2. The minimum atomic E-state index is -2.51. The van der Waals surface area contributed by atoms with Crippen molar-refractivity contribution >= 4 is 16.5 Å². The number of nitrogens with one attached hydrogen (secondary N) is 1. The first-order valence-electron chi connectivity index (χ1n) is 5.57. The molecule has 2 aliphatic carbocycles. The highest BCUT2D eigenvalue weighted by molar-refractivity contribution is 7.15. The topological polar surface area (TPSA) is 37.8 Å². The van der Waals surface area contributed by atoms with Crippen LogP contribution in [0, 0.1) is 5.92 Å². The van der Waals surface area contributed by atoms with Gasteiger partial charge in [-0.15, -0.1) is 10.2 Å². The van der Waals surface area contributed by atoms with Crippen LogP contribution < -0.4 is 5.32 Å². The summed E-state index contributed by atoms with van der Waals surface area (Å²) in [6, 6.07) is 0. The van der Waals surface area contributed by atoms with Crippen LogP contribution in [0.4, 0.5) is 13.9 Å². The van der Waals surface area contributed by atoms with Crippen LogP contribution in [0.25, 0.3) is 0 Å². The molecule has 1 aromatic heterocycles. The van der Waals surface area contributed by atoms with E-state index in [2.05, 4.69) is 15.5 Å². The molecule has 6 heteroatoms. The van der Waals surface area contributed by atoms with E-state index in [1.165, 1.54) is 12.8 Å². The van der Waals surface area contributed by atoms with Crippen LogP contribution in [0.3, 0.4) is 0 Å². The van der Waals surface area contributed by atoms with Gasteiger partial charge in [0.2, 0.25) is 5.13 Å². The maximum Gasteiger partial charge on any atom is 0.291 e. The largest absolute Gasteiger partial charge is 0.355 e. The first-order chi connectivity index (χ1) is 7.67. The number of halogens is 2. The lowest BCUT2D eigenvalue weighted by Gasteiger charge is -2.15. The van der Waals surface area contributed by atoms with Crippen LogP contribution in [0.1, 0.15) is 43.5 Å². The summed E-state index contributed by atoms with van der Waals surface area (Å²) in [6.45, 7) is 0. The molecular formula is C10H13F2N3S. The Hall–Kier alpha value is -0.780. The summed E-state index contributed by atoms with van der Waals surface area (Å²) in [7, 11) is 0. The molecule has 16 heavy (non-hydrogen) atoms. The van der Waals surface area contributed by atoms with Gasteiger partial charge in [-0.05, 0) is 25.2 Å². The summed E-state index contributed by atoms with van der Waals surface area (Å²) < 4.78 is 24.7. The fourth-order valence-corrected chi connectivity index (χ4v) is 2.72. The first kappa shape index (κ1) is 10.4. The Labute approximate surface area is 96.3 Å². The van der Waals surface area contributed by atoms with Gasteiger partial charge in [-0.1, -0.05) is 24.2 Å². The normalized spacial score (nSPS) is 22.4. The van der Waals surface area contributed by atoms with Gasteiger partial charge in [0.05, 0.1) is 0 Å². The Morgan fingerprint density at radius 2 is 2.12 bits per heavy atom. The molecule has 1 aromatic rings. The second-order valence-electron chi connectivity index (χ2n) is 4.80. The molecule has 0 aliphatic heterocycles. The van der Waals surface area contributed by atoms with Gasteiger partial charge in [0, 0.05) is 5.54 Å². The third-order valence-electron chi connectivity index (χ3n) is 3.23. The molecule has 0 unspecified atom stereocenters. The average Bonchev–Trinajstić information content (AvgIpc) is 3.12. The zero-order valence-electron chi connectivity index (χ0n) is 8.75. The zero-order valence-corrected chi connectivity index (χ0v) is 9.57. The van der Waals surface area contributed by atoms with Crippen LogP contribution >= 0.6 is 11.3 Å². The molecule has 0 radical (unpaired) electrons. The van der Waals surface area contributed by atoms with Gasteiger partial charge in [0.15, 0.2) is 5.01 Å². The summed E-state index contributed by atoms with van der Waals surface area (Å²) in [4.78, 5) is 0. The molecule has 0 spiro atoms. The number of rotatable bonds is 5. The first-order valence-corrected chi connectivity index (χ1v) is 6.38. The highest BCUT2D eigenvalue weighted by atomic mass is 32.1. The van der Waals surface area contributed by atoms with Gasteiger partial charge in [-0.3, -0.25) is 0 Å². The highest BCUT2D eigenvalue weighted by Gasteiger charge is 2.46. The quantitative estimate of drug-likeness (QED) is 0.865. The number of hydrogen-bond donors (Lipinski definition) is 1. The van der Waals surface area contributed by atoms with Gasteiger partial charge < -0.3 is 5.32 Å². The van der Waals surface area contributed by atoms with Crippen molar-refractivity contribution < 1.29 is 8.78 Å². The van der Waals surface area contributed by atoms with Crippen molar-refractivity contribution in [2.75, 3.05) is 5.32 Å². The summed E-state index contributed by atoms with van der Waals surface area (Å²) in [5.74, 6) is 0.845. The molecule has 2 fully saturated rings. The highest BCUT2D eigenvalue weighted by Crippen LogP contribution is 2.49. The van der Waals surface area contributed by atoms with Gasteiger partial charge >= 0.3 is 0 Å². The molecule has 1 N–H and O–H groups in total.